The van der Waals surface area contributed by atoms with E-state index in [0.717, 1.165) is 6.07 Å². The predicted octanol–water partition coefficient (Wildman–Crippen LogP) is 3.86. The number of aromatic nitrogens is 4. The van der Waals surface area contributed by atoms with Crippen molar-refractivity contribution in [2.24, 2.45) is 7.05 Å². The number of nitrogens with zero attached hydrogens (tertiary/aromatic N) is 5. The number of methoxy groups -OCH3 is 1. The highest BCUT2D eigenvalue weighted by Crippen LogP contribution is 2.28. The molecule has 0 aliphatic carbocycles. The largest absolute Gasteiger partial charge is 0.503 e. The lowest BCUT2D eigenvalue weighted by molar-refractivity contribution is 0.0332. The van der Waals surface area contributed by atoms with Crippen LogP contribution in [-0.2, 0) is 16.5 Å². The summed E-state index contributed by atoms with van der Waals surface area (Å²) in [6.07, 6.45) is 2.50. The van der Waals surface area contributed by atoms with Crippen LogP contribution in [0.4, 0.5) is 25.2 Å². The van der Waals surface area contributed by atoms with Crippen LogP contribution in [0.2, 0.25) is 0 Å². The van der Waals surface area contributed by atoms with Gasteiger partial charge >= 0.3 is 6.09 Å². The number of nitrogens with two attached hydrogens (primary N) is 1. The number of likely N-dealkylation sites (tertiary alicyclic amines) is 1. The molecule has 4 N–H and O–H groups in total. The van der Waals surface area contributed by atoms with Crippen LogP contribution in [-0.4, -0.2) is 61.5 Å². The van der Waals surface area contributed by atoms with Crippen LogP contribution < -0.4 is 11.1 Å². The molecule has 3 aromatic rings. The third kappa shape index (κ3) is 5.66. The molecule has 1 aliphatic heterocycles. The second-order valence-corrected chi connectivity index (χ2v) is 10.2. The van der Waals surface area contributed by atoms with Gasteiger partial charge in [-0.3, -0.25) is 10.3 Å². The zero-order valence-corrected chi connectivity index (χ0v) is 23.0. The van der Waals surface area contributed by atoms with E-state index in [1.807, 2.05) is 0 Å². The smallest absolute Gasteiger partial charge is 0.414 e. The summed E-state index contributed by atoms with van der Waals surface area (Å²) in [5, 5.41) is 11.7. The monoisotopic (exact) mass is 552 g/mol. The molecule has 1 atom stereocenters. The van der Waals surface area contributed by atoms with Gasteiger partial charge in [0.15, 0.2) is 5.82 Å². The number of halogens is 2. The van der Waals surface area contributed by atoms with E-state index in [0.29, 0.717) is 23.5 Å². The standard InChI is InChI=1S/C27H30F2N8O3/c1-14-34-23-20(36(14)5)10-18(28)17(22(23)29)7-8-19(30)21-24(31)32-13-33-25(21)35-15-9-16(12-39-6)37(11-15)26(38)40-27(2,3)4/h10,12-13,15,30H,9,11H2,1-6H3,(H3,31,32,33,35)/b16-12+,30-19?. The molecule has 2 aromatic heterocycles. The molecule has 0 radical (unpaired) electrons. The number of nitrogens with one attached hydrogen (secondary N) is 2. The molecule has 13 heteroatoms. The maximum atomic E-state index is 15.1. The maximum Gasteiger partial charge on any atom is 0.414 e. The van der Waals surface area contributed by atoms with Crippen LogP contribution >= 0.6 is 0 Å². The molecule has 1 aromatic carbocycles. The Balaban J connectivity index is 1.62. The minimum absolute atomic E-state index is 0.0159. The first kappa shape index (κ1) is 28.3. The molecule has 1 unspecified atom stereocenters. The number of carbonyl (C=O) groups is 1. The number of benzene rings is 1. The highest BCUT2D eigenvalue weighted by atomic mass is 19.1. The zero-order valence-electron chi connectivity index (χ0n) is 23.0. The summed E-state index contributed by atoms with van der Waals surface area (Å²) >= 11 is 0. The summed E-state index contributed by atoms with van der Waals surface area (Å²) < 4.78 is 42.1. The molecule has 0 spiro atoms. The first-order chi connectivity index (χ1) is 18.8. The van der Waals surface area contributed by atoms with Gasteiger partial charge in [0.2, 0.25) is 0 Å². The van der Waals surface area contributed by atoms with Gasteiger partial charge < -0.3 is 25.1 Å². The van der Waals surface area contributed by atoms with E-state index in [9.17, 15) is 9.18 Å². The Kier molecular flexibility index (Phi) is 7.63. The molecule has 1 fully saturated rings. The average molecular weight is 553 g/mol. The Morgan fingerprint density at radius 2 is 2.05 bits per heavy atom. The minimum atomic E-state index is -0.916. The maximum absolute atomic E-state index is 15.1. The summed E-state index contributed by atoms with van der Waals surface area (Å²) in [4.78, 5) is 26.5. The molecule has 40 heavy (non-hydrogen) atoms. The van der Waals surface area contributed by atoms with E-state index in [4.69, 9.17) is 20.6 Å². The lowest BCUT2D eigenvalue weighted by Gasteiger charge is -2.25. The molecule has 11 nitrogen and oxygen atoms in total. The molecule has 210 valence electrons. The molecule has 4 rings (SSSR count). The minimum Gasteiger partial charge on any atom is -0.503 e. The Hall–Kier alpha value is -4.73. The Bertz CT molecular complexity index is 1600. The third-order valence-corrected chi connectivity index (χ3v) is 6.15. The van der Waals surface area contributed by atoms with E-state index in [1.165, 1.54) is 24.6 Å². The molecule has 0 bridgehead atoms. The molecule has 1 amide bonds. The SMILES string of the molecule is CO/C=C1\CC(Nc2ncnc(N)c2C(=N)C#Cc2c(F)cc3c(nc(C)n3C)c2F)CN1C(=O)OC(C)(C)C. The van der Waals surface area contributed by atoms with Gasteiger partial charge in [0.05, 0.1) is 35.5 Å². The summed E-state index contributed by atoms with van der Waals surface area (Å²) in [5.41, 5.74) is 5.41. The highest BCUT2D eigenvalue weighted by molar-refractivity contribution is 6.16. The van der Waals surface area contributed by atoms with E-state index in [-0.39, 0.29) is 41.0 Å². The second-order valence-electron chi connectivity index (χ2n) is 10.2. The summed E-state index contributed by atoms with van der Waals surface area (Å²) in [6, 6.07) is 0.799. The van der Waals surface area contributed by atoms with Crippen LogP contribution in [0.3, 0.4) is 0 Å². The van der Waals surface area contributed by atoms with Gasteiger partial charge in [0, 0.05) is 26.1 Å². The fraction of sp³-hybridized carbons (Fsp3) is 0.370. The van der Waals surface area contributed by atoms with Crippen molar-refractivity contribution in [3.05, 3.63) is 52.9 Å². The summed E-state index contributed by atoms with van der Waals surface area (Å²) in [5.74, 6) is 3.72. The van der Waals surface area contributed by atoms with Crippen molar-refractivity contribution in [1.29, 1.82) is 5.41 Å². The third-order valence-electron chi connectivity index (χ3n) is 6.15. The number of hydrogen-bond acceptors (Lipinski definition) is 9. The highest BCUT2D eigenvalue weighted by Gasteiger charge is 2.35. The molecule has 1 saturated heterocycles. The van der Waals surface area contributed by atoms with Gasteiger partial charge in [-0.2, -0.15) is 0 Å². The molecular formula is C27H30F2N8O3. The van der Waals surface area contributed by atoms with Crippen LogP contribution in [0.25, 0.3) is 11.0 Å². The molecule has 3 heterocycles. The average Bonchev–Trinajstić information content (AvgIpc) is 3.38. The summed E-state index contributed by atoms with van der Waals surface area (Å²) in [6.45, 7) is 7.20. The van der Waals surface area contributed by atoms with Crippen LogP contribution in [0.1, 0.15) is 44.1 Å². The van der Waals surface area contributed by atoms with Crippen LogP contribution in [0, 0.1) is 35.8 Å². The number of imidazole rings is 1. The summed E-state index contributed by atoms with van der Waals surface area (Å²) in [7, 11) is 3.13. The molecule has 0 saturated carbocycles. The van der Waals surface area contributed by atoms with Gasteiger partial charge in [-0.15, -0.1) is 0 Å². The number of ether oxygens (including phenoxy) is 2. The Morgan fingerprint density at radius 1 is 1.32 bits per heavy atom. The molecule has 1 aliphatic rings. The van der Waals surface area contributed by atoms with Crippen molar-refractivity contribution in [2.75, 3.05) is 24.7 Å². The Morgan fingerprint density at radius 3 is 2.73 bits per heavy atom. The number of hydrogen-bond donors (Lipinski definition) is 3. The second kappa shape index (κ2) is 10.8. The fourth-order valence-electron chi connectivity index (χ4n) is 4.24. The van der Waals surface area contributed by atoms with E-state index >= 15 is 4.39 Å². The number of rotatable bonds is 4. The number of fused-ring (bicyclic) bond motifs is 1. The van der Waals surface area contributed by atoms with Crippen LogP contribution in [0.5, 0.6) is 0 Å². The first-order valence-electron chi connectivity index (χ1n) is 12.3. The van der Waals surface area contributed by atoms with Crippen molar-refractivity contribution >= 4 is 34.5 Å². The van der Waals surface area contributed by atoms with Gasteiger partial charge in [-0.1, -0.05) is 5.92 Å². The quantitative estimate of drug-likeness (QED) is 0.251. The van der Waals surface area contributed by atoms with Crippen molar-refractivity contribution in [2.45, 2.75) is 45.8 Å². The van der Waals surface area contributed by atoms with Crippen molar-refractivity contribution in [3.8, 4) is 11.8 Å². The number of aryl methyl sites for hydroxylation is 2. The van der Waals surface area contributed by atoms with Gasteiger partial charge in [-0.05, 0) is 33.6 Å². The number of carbonyl (C=O) groups excluding carboxylic acids is 1. The van der Waals surface area contributed by atoms with Gasteiger partial charge in [0.1, 0.15) is 52.7 Å². The number of anilines is 2. The molecular weight excluding hydrogens is 522 g/mol. The fourth-order valence-corrected chi connectivity index (χ4v) is 4.24. The van der Waals surface area contributed by atoms with Crippen molar-refractivity contribution in [3.63, 3.8) is 0 Å². The van der Waals surface area contributed by atoms with E-state index in [1.54, 1.807) is 39.3 Å². The lowest BCUT2D eigenvalue weighted by atomic mass is 10.1. The Labute approximate surface area is 229 Å². The predicted molar refractivity (Wildman–Crippen MR) is 146 cm³/mol. The first-order valence-corrected chi connectivity index (χ1v) is 12.3. The van der Waals surface area contributed by atoms with Gasteiger partial charge in [0.25, 0.3) is 0 Å². The number of amides is 1. The van der Waals surface area contributed by atoms with Crippen molar-refractivity contribution in [1.82, 2.24) is 24.4 Å². The normalized spacial score (nSPS) is 16.1. The lowest BCUT2D eigenvalue weighted by Crippen LogP contribution is -2.36. The van der Waals surface area contributed by atoms with Gasteiger partial charge in [-0.25, -0.2) is 28.5 Å². The van der Waals surface area contributed by atoms with E-state index < -0.39 is 28.9 Å². The number of nitrogen functional groups attached to an aromatic ring is 1. The van der Waals surface area contributed by atoms with Crippen molar-refractivity contribution < 1.29 is 23.0 Å². The topological polar surface area (TPSA) is 144 Å². The zero-order chi connectivity index (χ0) is 29.4. The van der Waals surface area contributed by atoms with E-state index in [2.05, 4.69) is 32.1 Å². The van der Waals surface area contributed by atoms with Crippen LogP contribution in [0.15, 0.2) is 24.4 Å².